The van der Waals surface area contributed by atoms with Gasteiger partial charge < -0.3 is 9.67 Å². The molecule has 0 fully saturated rings. The summed E-state index contributed by atoms with van der Waals surface area (Å²) < 4.78 is 30.3. The first kappa shape index (κ1) is 19.7. The summed E-state index contributed by atoms with van der Waals surface area (Å²) in [4.78, 5) is 23.9. The highest BCUT2D eigenvalue weighted by molar-refractivity contribution is 6.10. The number of fused-ring (bicyclic) bond motifs is 3. The minimum Gasteiger partial charge on any atom is -0.389 e. The summed E-state index contributed by atoms with van der Waals surface area (Å²) in [5, 5.41) is 8.86. The number of benzene rings is 1. The molecule has 0 unspecified atom stereocenters. The lowest BCUT2D eigenvalue weighted by molar-refractivity contribution is -0.121. The zero-order valence-electron chi connectivity index (χ0n) is 15.8. The number of carbonyl (C=O) groups is 2. The van der Waals surface area contributed by atoms with Crippen LogP contribution < -0.4 is 0 Å². The number of rotatable bonds is 7. The third-order valence-electron chi connectivity index (χ3n) is 5.31. The van der Waals surface area contributed by atoms with Gasteiger partial charge in [-0.05, 0) is 36.8 Å². The minimum atomic E-state index is -0.955. The highest BCUT2D eigenvalue weighted by Crippen LogP contribution is 2.41. The molecule has 1 aromatic carbocycles. The Balaban J connectivity index is 1.94. The van der Waals surface area contributed by atoms with E-state index in [4.69, 9.17) is 5.11 Å². The van der Waals surface area contributed by atoms with E-state index in [0.29, 0.717) is 43.3 Å². The van der Waals surface area contributed by atoms with E-state index < -0.39 is 18.2 Å². The maximum atomic E-state index is 14.5. The number of ketones is 2. The van der Waals surface area contributed by atoms with Crippen LogP contribution in [-0.2, 0) is 17.8 Å². The summed E-state index contributed by atoms with van der Waals surface area (Å²) >= 11 is 0. The second kappa shape index (κ2) is 7.50. The Morgan fingerprint density at radius 1 is 1.19 bits per heavy atom. The zero-order valence-corrected chi connectivity index (χ0v) is 15.8. The first-order valence-electron chi connectivity index (χ1n) is 9.40. The lowest BCUT2D eigenvalue weighted by Crippen LogP contribution is -2.28. The number of carbonyl (C=O) groups excluding carboxylic acids is 2. The van der Waals surface area contributed by atoms with Gasteiger partial charge in [-0.3, -0.25) is 9.59 Å². The van der Waals surface area contributed by atoms with Crippen molar-refractivity contribution in [1.29, 1.82) is 0 Å². The van der Waals surface area contributed by atoms with Crippen molar-refractivity contribution in [1.82, 2.24) is 4.57 Å². The number of Topliss-reactive ketones (excluding diaryl/α,β-unsaturated/α-hetero) is 2. The average Bonchev–Trinajstić information content (AvgIpc) is 2.90. The van der Waals surface area contributed by atoms with Crippen molar-refractivity contribution in [3.05, 3.63) is 35.0 Å². The molecule has 0 radical (unpaired) electrons. The normalized spacial score (nSPS) is 16.0. The summed E-state index contributed by atoms with van der Waals surface area (Å²) in [6, 6.07) is 2.65. The number of halogens is 2. The average molecular weight is 377 g/mol. The first-order valence-corrected chi connectivity index (χ1v) is 9.40. The standard InChI is InChI=1S/C21H25F2NO3/c1-21(2)10-16-18(17(27)11-21)19-15(8-7-14(22)20(19)23)24(16)9-5-3-4-6-13(26)12-25/h7-8,25H,3-6,9-12H2,1-2H3. The van der Waals surface area contributed by atoms with Gasteiger partial charge in [-0.15, -0.1) is 0 Å². The molecule has 0 saturated heterocycles. The molecule has 0 aliphatic heterocycles. The van der Waals surface area contributed by atoms with Crippen molar-refractivity contribution in [2.24, 2.45) is 5.41 Å². The van der Waals surface area contributed by atoms with Crippen molar-refractivity contribution in [2.75, 3.05) is 6.61 Å². The van der Waals surface area contributed by atoms with Crippen molar-refractivity contribution in [2.45, 2.75) is 58.9 Å². The molecular weight excluding hydrogens is 352 g/mol. The van der Waals surface area contributed by atoms with E-state index in [-0.39, 0.29) is 22.4 Å². The monoisotopic (exact) mass is 377 g/mol. The third kappa shape index (κ3) is 3.81. The van der Waals surface area contributed by atoms with Crippen molar-refractivity contribution in [3.8, 4) is 0 Å². The Labute approximate surface area is 157 Å². The van der Waals surface area contributed by atoms with E-state index in [1.54, 1.807) is 6.07 Å². The van der Waals surface area contributed by atoms with Gasteiger partial charge in [-0.25, -0.2) is 8.78 Å². The first-order chi connectivity index (χ1) is 12.7. The fourth-order valence-corrected chi connectivity index (χ4v) is 4.05. The van der Waals surface area contributed by atoms with Crippen LogP contribution in [-0.4, -0.2) is 27.8 Å². The van der Waals surface area contributed by atoms with E-state index in [0.717, 1.165) is 24.6 Å². The van der Waals surface area contributed by atoms with Crippen molar-refractivity contribution in [3.63, 3.8) is 0 Å². The van der Waals surface area contributed by atoms with Crippen LogP contribution >= 0.6 is 0 Å². The molecule has 0 amide bonds. The zero-order chi connectivity index (χ0) is 19.8. The smallest absolute Gasteiger partial charge is 0.168 e. The predicted molar refractivity (Wildman–Crippen MR) is 98.8 cm³/mol. The number of aromatic nitrogens is 1. The van der Waals surface area contributed by atoms with E-state index in [2.05, 4.69) is 0 Å². The van der Waals surface area contributed by atoms with E-state index >= 15 is 0 Å². The molecule has 1 aromatic heterocycles. The van der Waals surface area contributed by atoms with Crippen molar-refractivity contribution < 1.29 is 23.5 Å². The SMILES string of the molecule is CC1(C)CC(=O)c2c(n(CCCCCC(=O)CO)c3ccc(F)c(F)c23)C1. The topological polar surface area (TPSA) is 59.3 Å². The van der Waals surface area contributed by atoms with Crippen molar-refractivity contribution >= 4 is 22.5 Å². The Morgan fingerprint density at radius 3 is 2.63 bits per heavy atom. The van der Waals surface area contributed by atoms with E-state index in [1.165, 1.54) is 0 Å². The van der Waals surface area contributed by atoms with Gasteiger partial charge in [0.05, 0.1) is 5.52 Å². The third-order valence-corrected chi connectivity index (χ3v) is 5.31. The molecular formula is C21H25F2NO3. The van der Waals surface area contributed by atoms with Gasteiger partial charge in [-0.2, -0.15) is 0 Å². The summed E-state index contributed by atoms with van der Waals surface area (Å²) in [5.41, 5.74) is 1.44. The fourth-order valence-electron chi connectivity index (χ4n) is 4.05. The molecule has 0 atom stereocenters. The van der Waals surface area contributed by atoms with Gasteiger partial charge in [0, 0.05) is 36.0 Å². The van der Waals surface area contributed by atoms with Crippen LogP contribution in [0.3, 0.4) is 0 Å². The molecule has 0 bridgehead atoms. The molecule has 1 aliphatic rings. The van der Waals surface area contributed by atoms with Crippen LogP contribution in [0.5, 0.6) is 0 Å². The molecule has 3 rings (SSSR count). The second-order valence-electron chi connectivity index (χ2n) is 8.18. The fraction of sp³-hybridized carbons (Fsp3) is 0.524. The molecule has 4 nitrogen and oxygen atoms in total. The number of hydrogen-bond donors (Lipinski definition) is 1. The maximum absolute atomic E-state index is 14.5. The quantitative estimate of drug-likeness (QED) is 0.736. The summed E-state index contributed by atoms with van der Waals surface area (Å²) in [7, 11) is 0. The predicted octanol–water partition coefficient (Wildman–Crippen LogP) is 4.20. The van der Waals surface area contributed by atoms with E-state index in [1.807, 2.05) is 18.4 Å². The van der Waals surface area contributed by atoms with Crippen LogP contribution in [0.25, 0.3) is 10.9 Å². The molecule has 0 saturated carbocycles. The molecule has 146 valence electrons. The van der Waals surface area contributed by atoms with Gasteiger partial charge in [0.15, 0.2) is 23.2 Å². The highest BCUT2D eigenvalue weighted by atomic mass is 19.2. The molecule has 0 spiro atoms. The number of aliphatic hydroxyl groups excluding tert-OH is 1. The summed E-state index contributed by atoms with van der Waals surface area (Å²) in [6.07, 6.45) is 3.50. The molecule has 1 aliphatic carbocycles. The Bertz CT molecular complexity index is 899. The van der Waals surface area contributed by atoms with E-state index in [9.17, 15) is 18.4 Å². The molecule has 1 heterocycles. The number of unbranched alkanes of at least 4 members (excludes halogenated alkanes) is 2. The van der Waals surface area contributed by atoms with Gasteiger partial charge in [-0.1, -0.05) is 20.3 Å². The van der Waals surface area contributed by atoms with Gasteiger partial charge >= 0.3 is 0 Å². The Hall–Kier alpha value is -2.08. The van der Waals surface area contributed by atoms with Crippen LogP contribution in [0, 0.1) is 17.0 Å². The van der Waals surface area contributed by atoms with Gasteiger partial charge in [0.1, 0.15) is 6.61 Å². The van der Waals surface area contributed by atoms with Gasteiger partial charge in [0.2, 0.25) is 0 Å². The minimum absolute atomic E-state index is 0.0981. The summed E-state index contributed by atoms with van der Waals surface area (Å²) in [5.74, 6) is -2.21. The molecule has 1 N–H and O–H groups in total. The Morgan fingerprint density at radius 2 is 1.93 bits per heavy atom. The largest absolute Gasteiger partial charge is 0.389 e. The number of nitrogens with zero attached hydrogens (tertiary/aromatic N) is 1. The number of aryl methyl sites for hydroxylation is 1. The lowest BCUT2D eigenvalue weighted by Gasteiger charge is -2.29. The highest BCUT2D eigenvalue weighted by Gasteiger charge is 2.36. The number of hydrogen-bond acceptors (Lipinski definition) is 3. The van der Waals surface area contributed by atoms with Crippen LogP contribution in [0.1, 0.15) is 62.0 Å². The molecule has 27 heavy (non-hydrogen) atoms. The number of aliphatic hydroxyl groups is 1. The Kier molecular flexibility index (Phi) is 5.47. The van der Waals surface area contributed by atoms with Crippen LogP contribution in [0.15, 0.2) is 12.1 Å². The lowest BCUT2D eigenvalue weighted by atomic mass is 9.75. The second-order valence-corrected chi connectivity index (χ2v) is 8.18. The summed E-state index contributed by atoms with van der Waals surface area (Å²) in [6.45, 7) is 4.16. The van der Waals surface area contributed by atoms with Gasteiger partial charge in [0.25, 0.3) is 0 Å². The molecule has 6 heteroatoms. The van der Waals surface area contributed by atoms with Crippen LogP contribution in [0.2, 0.25) is 0 Å². The maximum Gasteiger partial charge on any atom is 0.168 e. The molecule has 2 aromatic rings. The van der Waals surface area contributed by atoms with Crippen LogP contribution in [0.4, 0.5) is 8.78 Å².